The van der Waals surface area contributed by atoms with Gasteiger partial charge in [-0.1, -0.05) is 11.6 Å². The quantitative estimate of drug-likeness (QED) is 0.898. The Balaban J connectivity index is 1.60. The van der Waals surface area contributed by atoms with Crippen LogP contribution in [0.25, 0.3) is 0 Å². The molecule has 0 radical (unpaired) electrons. The summed E-state index contributed by atoms with van der Waals surface area (Å²) in [4.78, 5) is 7.06. The molecule has 2 aliphatic rings. The van der Waals surface area contributed by atoms with E-state index in [0.29, 0.717) is 12.0 Å². The minimum Gasteiger partial charge on any atom is -0.339 e. The number of piperidine rings is 2. The lowest BCUT2D eigenvalue weighted by Crippen LogP contribution is -2.37. The zero-order valence-corrected chi connectivity index (χ0v) is 11.8. The number of nitrogens with zero attached hydrogens (tertiary/aromatic N) is 3. The molecule has 2 saturated heterocycles. The van der Waals surface area contributed by atoms with E-state index in [1.54, 1.807) is 0 Å². The minimum atomic E-state index is 0.489. The van der Waals surface area contributed by atoms with Crippen LogP contribution in [-0.4, -0.2) is 47.8 Å². The lowest BCUT2D eigenvalue weighted by Gasteiger charge is -2.31. The highest BCUT2D eigenvalue weighted by Gasteiger charge is 2.24. The van der Waals surface area contributed by atoms with Crippen molar-refractivity contribution in [3.8, 4) is 0 Å². The Hall–Kier alpha value is -0.940. The maximum absolute atomic E-state index is 5.46. The number of rotatable bonds is 3. The van der Waals surface area contributed by atoms with Crippen molar-refractivity contribution in [2.24, 2.45) is 0 Å². The number of aromatic nitrogens is 2. The minimum absolute atomic E-state index is 0.489. The smallest absolute Gasteiger partial charge is 0.228 e. The van der Waals surface area contributed by atoms with Crippen molar-refractivity contribution < 1.29 is 4.52 Å². The van der Waals surface area contributed by atoms with Crippen molar-refractivity contribution in [1.82, 2.24) is 20.4 Å². The van der Waals surface area contributed by atoms with Crippen molar-refractivity contribution in [3.05, 3.63) is 11.7 Å². The van der Waals surface area contributed by atoms with E-state index >= 15 is 0 Å². The summed E-state index contributed by atoms with van der Waals surface area (Å²) in [5.41, 5.74) is 0. The molecule has 1 N–H and O–H groups in total. The van der Waals surface area contributed by atoms with Crippen LogP contribution in [0.3, 0.4) is 0 Å². The molecule has 106 valence electrons. The van der Waals surface area contributed by atoms with Gasteiger partial charge in [-0.25, -0.2) is 0 Å². The van der Waals surface area contributed by atoms with Crippen LogP contribution in [0.2, 0.25) is 0 Å². The fourth-order valence-electron chi connectivity index (χ4n) is 3.20. The molecule has 3 heterocycles. The SMILES string of the molecule is CN1CCCCC1Cc1nc(C2CCNCC2)no1. The average molecular weight is 264 g/mol. The van der Waals surface area contributed by atoms with Crippen LogP contribution in [0.1, 0.15) is 49.7 Å². The van der Waals surface area contributed by atoms with Gasteiger partial charge in [-0.2, -0.15) is 4.98 Å². The first kappa shape index (κ1) is 13.1. The Bertz CT molecular complexity index is 400. The Morgan fingerprint density at radius 2 is 2.11 bits per heavy atom. The van der Waals surface area contributed by atoms with Crippen LogP contribution in [0.15, 0.2) is 4.52 Å². The highest BCUT2D eigenvalue weighted by molar-refractivity contribution is 4.99. The largest absolute Gasteiger partial charge is 0.339 e. The van der Waals surface area contributed by atoms with Gasteiger partial charge in [0.15, 0.2) is 5.82 Å². The van der Waals surface area contributed by atoms with Crippen molar-refractivity contribution >= 4 is 0 Å². The van der Waals surface area contributed by atoms with Gasteiger partial charge in [-0.15, -0.1) is 0 Å². The molecule has 1 aromatic heterocycles. The van der Waals surface area contributed by atoms with Crippen LogP contribution in [-0.2, 0) is 6.42 Å². The van der Waals surface area contributed by atoms with E-state index in [1.807, 2.05) is 0 Å². The summed E-state index contributed by atoms with van der Waals surface area (Å²) >= 11 is 0. The molecule has 0 spiro atoms. The first-order valence-corrected chi connectivity index (χ1v) is 7.56. The lowest BCUT2D eigenvalue weighted by atomic mass is 9.97. The summed E-state index contributed by atoms with van der Waals surface area (Å²) < 4.78 is 5.46. The highest BCUT2D eigenvalue weighted by atomic mass is 16.5. The van der Waals surface area contributed by atoms with Crippen LogP contribution in [0, 0.1) is 0 Å². The van der Waals surface area contributed by atoms with Gasteiger partial charge < -0.3 is 14.7 Å². The maximum atomic E-state index is 5.46. The topological polar surface area (TPSA) is 54.2 Å². The fraction of sp³-hybridized carbons (Fsp3) is 0.857. The summed E-state index contributed by atoms with van der Waals surface area (Å²) in [5, 5.41) is 7.57. The number of hydrogen-bond acceptors (Lipinski definition) is 5. The molecular formula is C14H24N4O. The molecule has 0 aromatic carbocycles. The van der Waals surface area contributed by atoms with Crippen LogP contribution in [0.5, 0.6) is 0 Å². The van der Waals surface area contributed by atoms with Gasteiger partial charge in [0.25, 0.3) is 0 Å². The number of likely N-dealkylation sites (N-methyl/N-ethyl adjacent to an activating group) is 1. The molecule has 2 aliphatic heterocycles. The zero-order valence-electron chi connectivity index (χ0n) is 11.8. The summed E-state index contributed by atoms with van der Waals surface area (Å²) in [7, 11) is 2.20. The molecule has 5 nitrogen and oxygen atoms in total. The third-order valence-electron chi connectivity index (χ3n) is 4.52. The third kappa shape index (κ3) is 3.15. The van der Waals surface area contributed by atoms with Gasteiger partial charge in [-0.05, 0) is 52.4 Å². The van der Waals surface area contributed by atoms with Gasteiger partial charge in [0.1, 0.15) is 0 Å². The van der Waals surface area contributed by atoms with Crippen LogP contribution >= 0.6 is 0 Å². The fourth-order valence-corrected chi connectivity index (χ4v) is 3.20. The molecule has 0 aliphatic carbocycles. The van der Waals surface area contributed by atoms with E-state index in [1.165, 1.54) is 25.8 Å². The monoisotopic (exact) mass is 264 g/mol. The summed E-state index contributed by atoms with van der Waals surface area (Å²) in [6.45, 7) is 3.33. The van der Waals surface area contributed by atoms with E-state index < -0.39 is 0 Å². The Kier molecular flexibility index (Phi) is 4.13. The zero-order chi connectivity index (χ0) is 13.1. The number of hydrogen-bond donors (Lipinski definition) is 1. The average Bonchev–Trinajstić information content (AvgIpc) is 2.91. The predicted octanol–water partition coefficient (Wildman–Crippen LogP) is 1.56. The van der Waals surface area contributed by atoms with Crippen molar-refractivity contribution in [3.63, 3.8) is 0 Å². The van der Waals surface area contributed by atoms with Crippen LogP contribution in [0.4, 0.5) is 0 Å². The Labute approximate surface area is 114 Å². The second-order valence-corrected chi connectivity index (χ2v) is 5.90. The Morgan fingerprint density at radius 1 is 1.26 bits per heavy atom. The molecule has 1 unspecified atom stereocenters. The van der Waals surface area contributed by atoms with Gasteiger partial charge in [0, 0.05) is 18.4 Å². The molecule has 0 amide bonds. The van der Waals surface area contributed by atoms with E-state index in [2.05, 4.69) is 27.4 Å². The molecule has 3 rings (SSSR count). The van der Waals surface area contributed by atoms with Gasteiger partial charge >= 0.3 is 0 Å². The predicted molar refractivity (Wildman–Crippen MR) is 73.1 cm³/mol. The van der Waals surface area contributed by atoms with E-state index in [9.17, 15) is 0 Å². The molecule has 1 atom stereocenters. The second kappa shape index (κ2) is 6.01. The first-order valence-electron chi connectivity index (χ1n) is 7.56. The first-order chi connectivity index (χ1) is 9.33. The molecule has 19 heavy (non-hydrogen) atoms. The molecule has 1 aromatic rings. The van der Waals surface area contributed by atoms with E-state index in [0.717, 1.165) is 44.1 Å². The van der Waals surface area contributed by atoms with E-state index in [4.69, 9.17) is 4.52 Å². The van der Waals surface area contributed by atoms with Crippen LogP contribution < -0.4 is 5.32 Å². The van der Waals surface area contributed by atoms with Crippen molar-refractivity contribution in [2.45, 2.75) is 50.5 Å². The third-order valence-corrected chi connectivity index (χ3v) is 4.52. The highest BCUT2D eigenvalue weighted by Crippen LogP contribution is 2.24. The van der Waals surface area contributed by atoms with Crippen molar-refractivity contribution in [2.75, 3.05) is 26.7 Å². The Morgan fingerprint density at radius 3 is 2.89 bits per heavy atom. The van der Waals surface area contributed by atoms with Crippen molar-refractivity contribution in [1.29, 1.82) is 0 Å². The summed E-state index contributed by atoms with van der Waals surface area (Å²) in [6.07, 6.45) is 7.06. The normalized spacial score (nSPS) is 26.7. The second-order valence-electron chi connectivity index (χ2n) is 5.90. The molecular weight excluding hydrogens is 240 g/mol. The van der Waals surface area contributed by atoms with E-state index in [-0.39, 0.29) is 0 Å². The summed E-state index contributed by atoms with van der Waals surface area (Å²) in [6, 6.07) is 0.579. The molecule has 0 bridgehead atoms. The van der Waals surface area contributed by atoms with Gasteiger partial charge in [0.05, 0.1) is 0 Å². The number of nitrogens with one attached hydrogen (secondary N) is 1. The summed E-state index contributed by atoms with van der Waals surface area (Å²) in [5.74, 6) is 2.24. The van der Waals surface area contributed by atoms with Gasteiger partial charge in [0.2, 0.25) is 5.89 Å². The molecule has 2 fully saturated rings. The van der Waals surface area contributed by atoms with Gasteiger partial charge in [-0.3, -0.25) is 0 Å². The number of likely N-dealkylation sites (tertiary alicyclic amines) is 1. The molecule has 5 heteroatoms. The lowest BCUT2D eigenvalue weighted by molar-refractivity contribution is 0.173. The molecule has 0 saturated carbocycles. The standard InChI is InChI=1S/C14H24N4O/c1-18-9-3-2-4-12(18)10-13-16-14(17-19-13)11-5-7-15-8-6-11/h11-12,15H,2-10H2,1H3. The maximum Gasteiger partial charge on any atom is 0.228 e.